The second kappa shape index (κ2) is 8.12. The number of hydrogen-bond acceptors (Lipinski definition) is 4. The zero-order chi connectivity index (χ0) is 14.3. The van der Waals surface area contributed by atoms with Crippen LogP contribution in [0.5, 0.6) is 0 Å². The fourth-order valence-corrected chi connectivity index (χ4v) is 2.38. The Labute approximate surface area is 118 Å². The van der Waals surface area contributed by atoms with Gasteiger partial charge in [-0.3, -0.25) is 0 Å². The van der Waals surface area contributed by atoms with Crippen LogP contribution < -0.4 is 10.6 Å². The second-order valence-corrected chi connectivity index (χ2v) is 5.73. The molecule has 0 aliphatic rings. The van der Waals surface area contributed by atoms with Crippen LogP contribution in [-0.2, 0) is 6.54 Å². The van der Waals surface area contributed by atoms with Crippen molar-refractivity contribution in [3.63, 3.8) is 0 Å². The van der Waals surface area contributed by atoms with Gasteiger partial charge in [-0.2, -0.15) is 0 Å². The molecule has 1 heterocycles. The van der Waals surface area contributed by atoms with Crippen molar-refractivity contribution in [3.8, 4) is 0 Å². The van der Waals surface area contributed by atoms with Gasteiger partial charge < -0.3 is 15.7 Å². The molecule has 0 radical (unpaired) electrons. The van der Waals surface area contributed by atoms with Crippen LogP contribution in [0.4, 0.5) is 4.79 Å². The summed E-state index contributed by atoms with van der Waals surface area (Å²) in [5.74, 6) is 0.414. The number of carbonyl (C=O) groups excluding carboxylic acids is 1. The number of urea groups is 1. The summed E-state index contributed by atoms with van der Waals surface area (Å²) in [4.78, 5) is 15.9. The SMILES string of the molecule is CCCC(O)CNC(=O)NCc1csc(C(C)C)n1. The third-order valence-electron chi connectivity index (χ3n) is 2.61. The van der Waals surface area contributed by atoms with E-state index >= 15 is 0 Å². The van der Waals surface area contributed by atoms with Gasteiger partial charge in [0.2, 0.25) is 0 Å². The smallest absolute Gasteiger partial charge is 0.315 e. The van der Waals surface area contributed by atoms with Crippen LogP contribution in [0.15, 0.2) is 5.38 Å². The molecule has 0 fully saturated rings. The average molecular weight is 285 g/mol. The molecule has 1 aromatic rings. The Morgan fingerprint density at radius 3 is 2.79 bits per heavy atom. The molecule has 0 saturated heterocycles. The van der Waals surface area contributed by atoms with Crippen LogP contribution in [0.3, 0.4) is 0 Å². The van der Waals surface area contributed by atoms with Crippen molar-refractivity contribution in [2.24, 2.45) is 0 Å². The maximum atomic E-state index is 11.5. The quantitative estimate of drug-likeness (QED) is 0.719. The first kappa shape index (κ1) is 15.9. The highest BCUT2D eigenvalue weighted by Crippen LogP contribution is 2.18. The largest absolute Gasteiger partial charge is 0.391 e. The summed E-state index contributed by atoms with van der Waals surface area (Å²) in [5.41, 5.74) is 0.873. The molecule has 3 N–H and O–H groups in total. The molecular formula is C13H23N3O2S. The van der Waals surface area contributed by atoms with Gasteiger partial charge in [0.05, 0.1) is 23.4 Å². The molecular weight excluding hydrogens is 262 g/mol. The van der Waals surface area contributed by atoms with Crippen LogP contribution in [0.2, 0.25) is 0 Å². The lowest BCUT2D eigenvalue weighted by molar-refractivity contribution is 0.160. The standard InChI is InChI=1S/C13H23N3O2S/c1-4-5-11(17)7-15-13(18)14-6-10-8-19-12(16-10)9(2)3/h8-9,11,17H,4-7H2,1-3H3,(H2,14,15,18). The predicted octanol–water partition coefficient (Wildman–Crippen LogP) is 2.23. The number of aliphatic hydroxyl groups is 1. The molecule has 6 heteroatoms. The summed E-state index contributed by atoms with van der Waals surface area (Å²) in [6, 6.07) is -0.269. The number of carbonyl (C=O) groups is 1. The number of hydrogen-bond donors (Lipinski definition) is 3. The van der Waals surface area contributed by atoms with E-state index < -0.39 is 6.10 Å². The van der Waals surface area contributed by atoms with Gasteiger partial charge in [0.1, 0.15) is 0 Å². The van der Waals surface area contributed by atoms with Gasteiger partial charge in [0, 0.05) is 17.8 Å². The Kier molecular flexibility index (Phi) is 6.80. The highest BCUT2D eigenvalue weighted by atomic mass is 32.1. The molecule has 0 aliphatic heterocycles. The first-order chi connectivity index (χ1) is 9.02. The number of nitrogens with zero attached hydrogens (tertiary/aromatic N) is 1. The predicted molar refractivity (Wildman–Crippen MR) is 77.4 cm³/mol. The zero-order valence-corrected chi connectivity index (χ0v) is 12.6. The minimum absolute atomic E-state index is 0.269. The number of rotatable bonds is 7. The van der Waals surface area contributed by atoms with Crippen molar-refractivity contribution >= 4 is 17.4 Å². The fraction of sp³-hybridized carbons (Fsp3) is 0.692. The van der Waals surface area contributed by atoms with Gasteiger partial charge >= 0.3 is 6.03 Å². The van der Waals surface area contributed by atoms with E-state index in [1.165, 1.54) is 0 Å². The van der Waals surface area contributed by atoms with Crippen LogP contribution >= 0.6 is 11.3 Å². The van der Waals surface area contributed by atoms with E-state index in [9.17, 15) is 9.90 Å². The van der Waals surface area contributed by atoms with E-state index in [-0.39, 0.29) is 12.6 Å². The molecule has 2 amide bonds. The van der Waals surface area contributed by atoms with Crippen LogP contribution in [0, 0.1) is 0 Å². The van der Waals surface area contributed by atoms with Crippen molar-refractivity contribution in [1.29, 1.82) is 0 Å². The van der Waals surface area contributed by atoms with E-state index in [1.54, 1.807) is 11.3 Å². The van der Waals surface area contributed by atoms with Crippen LogP contribution in [-0.4, -0.2) is 28.8 Å². The van der Waals surface area contributed by atoms with Crippen molar-refractivity contribution < 1.29 is 9.90 Å². The Bertz CT molecular complexity index is 393. The summed E-state index contributed by atoms with van der Waals surface area (Å²) in [7, 11) is 0. The molecule has 108 valence electrons. The zero-order valence-electron chi connectivity index (χ0n) is 11.8. The number of nitrogens with one attached hydrogen (secondary N) is 2. The minimum atomic E-state index is -0.470. The molecule has 5 nitrogen and oxygen atoms in total. The second-order valence-electron chi connectivity index (χ2n) is 4.84. The average Bonchev–Trinajstić information content (AvgIpc) is 2.83. The van der Waals surface area contributed by atoms with Crippen molar-refractivity contribution in [2.45, 2.75) is 52.2 Å². The number of aliphatic hydroxyl groups excluding tert-OH is 1. The molecule has 1 unspecified atom stereocenters. The van der Waals surface area contributed by atoms with Crippen LogP contribution in [0.25, 0.3) is 0 Å². The molecule has 0 spiro atoms. The van der Waals surface area contributed by atoms with E-state index in [2.05, 4.69) is 29.5 Å². The Morgan fingerprint density at radius 2 is 2.21 bits per heavy atom. The van der Waals surface area contributed by atoms with E-state index in [4.69, 9.17) is 0 Å². The van der Waals surface area contributed by atoms with Crippen LogP contribution in [0.1, 0.15) is 50.2 Å². The van der Waals surface area contributed by atoms with Crippen molar-refractivity contribution in [3.05, 3.63) is 16.1 Å². The third-order valence-corrected chi connectivity index (χ3v) is 3.81. The first-order valence-electron chi connectivity index (χ1n) is 6.67. The molecule has 0 aromatic carbocycles. The molecule has 19 heavy (non-hydrogen) atoms. The highest BCUT2D eigenvalue weighted by Gasteiger charge is 2.08. The lowest BCUT2D eigenvalue weighted by Gasteiger charge is -2.11. The lowest BCUT2D eigenvalue weighted by Crippen LogP contribution is -2.39. The monoisotopic (exact) mass is 285 g/mol. The minimum Gasteiger partial charge on any atom is -0.391 e. The molecule has 1 aromatic heterocycles. The van der Waals surface area contributed by atoms with E-state index in [1.807, 2.05) is 12.3 Å². The number of amides is 2. The fourth-order valence-electron chi connectivity index (χ4n) is 1.55. The van der Waals surface area contributed by atoms with Gasteiger partial charge in [-0.05, 0) is 6.42 Å². The molecule has 1 rings (SSSR count). The van der Waals surface area contributed by atoms with Crippen molar-refractivity contribution in [2.75, 3.05) is 6.54 Å². The molecule has 1 atom stereocenters. The van der Waals surface area contributed by atoms with E-state index in [0.29, 0.717) is 18.9 Å². The summed E-state index contributed by atoms with van der Waals surface area (Å²) in [6.45, 7) is 6.89. The third kappa shape index (κ3) is 6.02. The Balaban J connectivity index is 2.25. The highest BCUT2D eigenvalue weighted by molar-refractivity contribution is 7.09. The summed E-state index contributed by atoms with van der Waals surface area (Å²) in [6.07, 6.45) is 1.13. The van der Waals surface area contributed by atoms with Crippen molar-refractivity contribution in [1.82, 2.24) is 15.6 Å². The van der Waals surface area contributed by atoms with Gasteiger partial charge in [-0.25, -0.2) is 9.78 Å². The maximum Gasteiger partial charge on any atom is 0.315 e. The number of thiazole rings is 1. The lowest BCUT2D eigenvalue weighted by atomic mass is 10.2. The number of aromatic nitrogens is 1. The summed E-state index contributed by atoms with van der Waals surface area (Å²) >= 11 is 1.61. The molecule has 0 bridgehead atoms. The van der Waals surface area contributed by atoms with Gasteiger partial charge in [-0.1, -0.05) is 27.2 Å². The van der Waals surface area contributed by atoms with Gasteiger partial charge in [0.15, 0.2) is 0 Å². The Hall–Kier alpha value is -1.14. The molecule has 0 saturated carbocycles. The maximum absolute atomic E-state index is 11.5. The normalized spacial score (nSPS) is 12.5. The van der Waals surface area contributed by atoms with Gasteiger partial charge in [-0.15, -0.1) is 11.3 Å². The molecule has 0 aliphatic carbocycles. The summed E-state index contributed by atoms with van der Waals surface area (Å²) < 4.78 is 0. The first-order valence-corrected chi connectivity index (χ1v) is 7.55. The van der Waals surface area contributed by atoms with Gasteiger partial charge in [0.25, 0.3) is 0 Å². The topological polar surface area (TPSA) is 74.2 Å². The summed E-state index contributed by atoms with van der Waals surface area (Å²) in [5, 5.41) is 17.9. The van der Waals surface area contributed by atoms with E-state index in [0.717, 1.165) is 17.1 Å². The Morgan fingerprint density at radius 1 is 1.47 bits per heavy atom.